The minimum Gasteiger partial charge on any atom is -0.472 e. The van der Waals surface area contributed by atoms with E-state index in [-0.39, 0.29) is 17.0 Å². The predicted octanol–water partition coefficient (Wildman–Crippen LogP) is 1.20. The van der Waals surface area contributed by atoms with Crippen molar-refractivity contribution < 1.29 is 4.74 Å². The highest BCUT2D eigenvalue weighted by Gasteiger charge is 2.27. The average Bonchev–Trinajstić information content (AvgIpc) is 2.54. The van der Waals surface area contributed by atoms with Crippen LogP contribution in [-0.4, -0.2) is 22.1 Å². The Morgan fingerprint density at radius 3 is 2.71 bits per heavy atom. The van der Waals surface area contributed by atoms with Crippen LogP contribution in [0.5, 0.6) is 5.88 Å². The number of ether oxygens (including phenoxy) is 1. The van der Waals surface area contributed by atoms with Gasteiger partial charge in [-0.3, -0.25) is 4.79 Å². The molecule has 1 saturated carbocycles. The van der Waals surface area contributed by atoms with E-state index < -0.39 is 0 Å². The van der Waals surface area contributed by atoms with Crippen molar-refractivity contribution in [3.63, 3.8) is 0 Å². The van der Waals surface area contributed by atoms with E-state index in [2.05, 4.69) is 9.97 Å². The van der Waals surface area contributed by atoms with Crippen LogP contribution in [0.1, 0.15) is 38.5 Å². The Kier molecular flexibility index (Phi) is 3.78. The summed E-state index contributed by atoms with van der Waals surface area (Å²) in [4.78, 5) is 17.8. The minimum atomic E-state index is -0.305. The van der Waals surface area contributed by atoms with Crippen molar-refractivity contribution in [2.45, 2.75) is 44.1 Å². The molecule has 0 amide bonds. The summed E-state index contributed by atoms with van der Waals surface area (Å²) in [6.07, 6.45) is 9.66. The maximum absolute atomic E-state index is 11.4. The zero-order valence-corrected chi connectivity index (χ0v) is 9.95. The molecule has 1 heterocycles. The van der Waals surface area contributed by atoms with Gasteiger partial charge in [0.2, 0.25) is 0 Å². The Balaban J connectivity index is 1.97. The molecule has 1 aliphatic rings. The third-order valence-electron chi connectivity index (χ3n) is 3.27. The SMILES string of the molecule is NC1(COc2ncc[nH]c2=O)CCCCCC1. The summed E-state index contributed by atoms with van der Waals surface area (Å²) in [5, 5.41) is 0. The molecule has 0 atom stereocenters. The van der Waals surface area contributed by atoms with E-state index in [1.807, 2.05) is 0 Å². The van der Waals surface area contributed by atoms with Gasteiger partial charge < -0.3 is 15.5 Å². The van der Waals surface area contributed by atoms with E-state index >= 15 is 0 Å². The summed E-state index contributed by atoms with van der Waals surface area (Å²) < 4.78 is 5.45. The van der Waals surface area contributed by atoms with E-state index in [4.69, 9.17) is 10.5 Å². The van der Waals surface area contributed by atoms with Gasteiger partial charge in [-0.2, -0.15) is 0 Å². The van der Waals surface area contributed by atoms with Crippen LogP contribution in [0.15, 0.2) is 17.2 Å². The molecule has 5 heteroatoms. The van der Waals surface area contributed by atoms with Crippen LogP contribution in [0.3, 0.4) is 0 Å². The monoisotopic (exact) mass is 237 g/mol. The van der Waals surface area contributed by atoms with Gasteiger partial charge in [0.1, 0.15) is 6.61 Å². The first kappa shape index (κ1) is 12.1. The minimum absolute atomic E-state index is 0.113. The van der Waals surface area contributed by atoms with Crippen molar-refractivity contribution in [2.75, 3.05) is 6.61 Å². The maximum Gasteiger partial charge on any atom is 0.310 e. The lowest BCUT2D eigenvalue weighted by Gasteiger charge is -2.27. The second-order valence-electron chi connectivity index (χ2n) is 4.79. The first-order valence-electron chi connectivity index (χ1n) is 6.15. The third-order valence-corrected chi connectivity index (χ3v) is 3.27. The molecular formula is C12H19N3O2. The summed E-state index contributed by atoms with van der Waals surface area (Å²) in [5.41, 5.74) is 5.69. The lowest BCUT2D eigenvalue weighted by molar-refractivity contribution is 0.191. The Morgan fingerprint density at radius 2 is 2.06 bits per heavy atom. The molecule has 0 saturated heterocycles. The fraction of sp³-hybridized carbons (Fsp3) is 0.667. The molecule has 0 aliphatic heterocycles. The second kappa shape index (κ2) is 5.31. The number of hydrogen-bond donors (Lipinski definition) is 2. The standard InChI is InChI=1S/C12H19N3O2/c13-12(5-3-1-2-4-6-12)9-17-11-10(16)14-7-8-15-11/h7-8H,1-6,9,13H2,(H,14,16). The van der Waals surface area contributed by atoms with Gasteiger partial charge in [-0.25, -0.2) is 4.98 Å². The van der Waals surface area contributed by atoms with Crippen LogP contribution in [0.25, 0.3) is 0 Å². The molecule has 0 spiro atoms. The lowest BCUT2D eigenvalue weighted by atomic mass is 9.93. The largest absolute Gasteiger partial charge is 0.472 e. The third kappa shape index (κ3) is 3.30. The molecule has 5 nitrogen and oxygen atoms in total. The number of nitrogens with two attached hydrogens (primary N) is 1. The zero-order chi connectivity index (χ0) is 12.1. The van der Waals surface area contributed by atoms with Gasteiger partial charge >= 0.3 is 5.56 Å². The fourth-order valence-electron chi connectivity index (χ4n) is 2.23. The van der Waals surface area contributed by atoms with Crippen molar-refractivity contribution in [2.24, 2.45) is 5.73 Å². The summed E-state index contributed by atoms with van der Waals surface area (Å²) in [6, 6.07) is 0. The van der Waals surface area contributed by atoms with E-state index in [9.17, 15) is 4.79 Å². The van der Waals surface area contributed by atoms with E-state index in [1.54, 1.807) is 0 Å². The van der Waals surface area contributed by atoms with Crippen LogP contribution < -0.4 is 16.0 Å². The number of H-pyrrole nitrogens is 1. The summed E-state index contributed by atoms with van der Waals surface area (Å²) in [5.74, 6) is 0.113. The van der Waals surface area contributed by atoms with Gasteiger partial charge in [-0.15, -0.1) is 0 Å². The molecule has 0 aromatic carbocycles. The van der Waals surface area contributed by atoms with Crippen LogP contribution in [0.4, 0.5) is 0 Å². The van der Waals surface area contributed by atoms with Crippen molar-refractivity contribution in [3.8, 4) is 5.88 Å². The van der Waals surface area contributed by atoms with Crippen LogP contribution >= 0.6 is 0 Å². The van der Waals surface area contributed by atoms with Gasteiger partial charge in [0.25, 0.3) is 5.88 Å². The molecule has 0 radical (unpaired) electrons. The Labute approximate surface area is 100 Å². The summed E-state index contributed by atoms with van der Waals surface area (Å²) >= 11 is 0. The molecular weight excluding hydrogens is 218 g/mol. The molecule has 1 aliphatic carbocycles. The number of nitrogens with one attached hydrogen (secondary N) is 1. The molecule has 17 heavy (non-hydrogen) atoms. The Morgan fingerprint density at radius 1 is 1.35 bits per heavy atom. The highest BCUT2D eigenvalue weighted by Crippen LogP contribution is 2.25. The number of aromatic nitrogens is 2. The molecule has 1 fully saturated rings. The van der Waals surface area contributed by atoms with E-state index in [0.29, 0.717) is 6.61 Å². The molecule has 1 aromatic rings. The van der Waals surface area contributed by atoms with Gasteiger partial charge in [-0.1, -0.05) is 25.7 Å². The van der Waals surface area contributed by atoms with Crippen molar-refractivity contribution >= 4 is 0 Å². The average molecular weight is 237 g/mol. The topological polar surface area (TPSA) is 81.0 Å². The molecule has 1 aromatic heterocycles. The van der Waals surface area contributed by atoms with Gasteiger partial charge in [-0.05, 0) is 12.8 Å². The van der Waals surface area contributed by atoms with Crippen LogP contribution in [-0.2, 0) is 0 Å². The Bertz CT molecular complexity index is 408. The van der Waals surface area contributed by atoms with Crippen molar-refractivity contribution in [1.82, 2.24) is 9.97 Å². The number of aromatic amines is 1. The predicted molar refractivity (Wildman–Crippen MR) is 65.0 cm³/mol. The molecule has 94 valence electrons. The molecule has 0 bridgehead atoms. The summed E-state index contributed by atoms with van der Waals surface area (Å²) in [7, 11) is 0. The van der Waals surface area contributed by atoms with Crippen LogP contribution in [0.2, 0.25) is 0 Å². The molecule has 2 rings (SSSR count). The van der Waals surface area contributed by atoms with Crippen molar-refractivity contribution in [3.05, 3.63) is 22.7 Å². The number of hydrogen-bond acceptors (Lipinski definition) is 4. The number of rotatable bonds is 3. The molecule has 3 N–H and O–H groups in total. The van der Waals surface area contributed by atoms with Crippen molar-refractivity contribution in [1.29, 1.82) is 0 Å². The van der Waals surface area contributed by atoms with Gasteiger partial charge in [0.15, 0.2) is 0 Å². The quantitative estimate of drug-likeness (QED) is 0.774. The van der Waals surface area contributed by atoms with Gasteiger partial charge in [0, 0.05) is 12.4 Å². The second-order valence-corrected chi connectivity index (χ2v) is 4.79. The first-order chi connectivity index (χ1) is 8.20. The zero-order valence-electron chi connectivity index (χ0n) is 9.95. The summed E-state index contributed by atoms with van der Waals surface area (Å²) in [6.45, 7) is 0.368. The Hall–Kier alpha value is -1.36. The molecule has 0 unspecified atom stereocenters. The maximum atomic E-state index is 11.4. The van der Waals surface area contributed by atoms with Gasteiger partial charge in [0.05, 0.1) is 5.54 Å². The van der Waals surface area contributed by atoms with E-state index in [1.165, 1.54) is 25.2 Å². The lowest BCUT2D eigenvalue weighted by Crippen LogP contribution is -2.45. The smallest absolute Gasteiger partial charge is 0.310 e. The highest BCUT2D eigenvalue weighted by atomic mass is 16.5. The fourth-order valence-corrected chi connectivity index (χ4v) is 2.23. The number of nitrogens with zero attached hydrogens (tertiary/aromatic N) is 1. The van der Waals surface area contributed by atoms with E-state index in [0.717, 1.165) is 25.7 Å². The highest BCUT2D eigenvalue weighted by molar-refractivity contribution is 5.03. The first-order valence-corrected chi connectivity index (χ1v) is 6.15. The normalized spacial score (nSPS) is 19.6. The van der Waals surface area contributed by atoms with Crippen LogP contribution in [0, 0.1) is 0 Å².